The molecule has 3 rings (SSSR count). The predicted octanol–water partition coefficient (Wildman–Crippen LogP) is 2.26. The Morgan fingerprint density at radius 3 is 2.19 bits per heavy atom. The van der Waals surface area contributed by atoms with E-state index >= 15 is 0 Å². The molecule has 5 atom stereocenters. The number of thiol groups is 1. The van der Waals surface area contributed by atoms with Gasteiger partial charge in [0.25, 0.3) is 0 Å². The Morgan fingerprint density at radius 2 is 1.56 bits per heavy atom. The maximum absolute atomic E-state index is 10.5. The van der Waals surface area contributed by atoms with Gasteiger partial charge in [-0.15, -0.1) is 0 Å². The van der Waals surface area contributed by atoms with Crippen LogP contribution in [0.3, 0.4) is 0 Å². The normalized spacial score (nSPS) is 26.3. The van der Waals surface area contributed by atoms with Crippen LogP contribution in [0.5, 0.6) is 0 Å². The molecule has 1 saturated heterocycles. The summed E-state index contributed by atoms with van der Waals surface area (Å²) in [4.78, 5) is 0. The van der Waals surface area contributed by atoms with E-state index in [-0.39, 0.29) is 0 Å². The smallest absolute Gasteiger partial charge is 0.117 e. The zero-order valence-corrected chi connectivity index (χ0v) is 20.3. The van der Waals surface area contributed by atoms with Gasteiger partial charge in [-0.1, -0.05) is 42.5 Å². The van der Waals surface area contributed by atoms with Crippen LogP contribution in [0.25, 0.3) is 0 Å². The first-order valence-corrected chi connectivity index (χ1v) is 12.3. The average Bonchev–Trinajstić information content (AvgIpc) is 2.74. The highest BCUT2D eigenvalue weighted by atomic mass is 32.2. The van der Waals surface area contributed by atoms with E-state index in [0.29, 0.717) is 4.75 Å². The van der Waals surface area contributed by atoms with Gasteiger partial charge in [0.2, 0.25) is 0 Å². The number of aliphatic hydroxyl groups excluding tert-OH is 4. The van der Waals surface area contributed by atoms with Crippen LogP contribution >= 0.6 is 0 Å². The fourth-order valence-electron chi connectivity index (χ4n) is 4.00. The van der Waals surface area contributed by atoms with E-state index in [1.165, 1.54) is 22.9 Å². The molecule has 2 aromatic carbocycles. The Kier molecular flexibility index (Phi) is 8.42. The minimum atomic E-state index is -1.37. The number of rotatable bonds is 7. The van der Waals surface area contributed by atoms with Crippen molar-refractivity contribution in [3.05, 3.63) is 70.3 Å². The molecule has 0 spiro atoms. The highest BCUT2D eigenvalue weighted by molar-refractivity contribution is 7.79. The van der Waals surface area contributed by atoms with Crippen molar-refractivity contribution in [1.82, 2.24) is 0 Å². The topological polar surface area (TPSA) is 90.2 Å². The summed E-state index contributed by atoms with van der Waals surface area (Å²) in [5, 5.41) is 40.1. The molecule has 1 fully saturated rings. The number of aliphatic hydroxyl groups is 4. The summed E-state index contributed by atoms with van der Waals surface area (Å²) in [6, 6.07) is 14.6. The largest absolute Gasteiger partial charge is 0.394 e. The zero-order chi connectivity index (χ0) is 23.5. The molecule has 0 amide bonds. The Labute approximate surface area is 195 Å². The number of benzene rings is 2. The van der Waals surface area contributed by atoms with E-state index in [2.05, 4.69) is 45.0 Å². The number of ether oxygens (including phenoxy) is 1. The maximum Gasteiger partial charge on any atom is 0.117 e. The summed E-state index contributed by atoms with van der Waals surface area (Å²) in [6.07, 6.45) is -3.89. The molecule has 0 radical (unpaired) electrons. The van der Waals surface area contributed by atoms with Crippen LogP contribution in [0.15, 0.2) is 42.5 Å². The third kappa shape index (κ3) is 6.34. The first-order chi connectivity index (χ1) is 15.1. The number of hydrogen-bond acceptors (Lipinski definition) is 5. The molecule has 0 aliphatic carbocycles. The molecule has 6 heteroatoms. The molecule has 5 nitrogen and oxygen atoms in total. The van der Waals surface area contributed by atoms with Crippen molar-refractivity contribution in [2.45, 2.75) is 75.8 Å². The van der Waals surface area contributed by atoms with Crippen molar-refractivity contribution in [3.63, 3.8) is 0 Å². The SMILES string of the molecule is Cc1ccc([C@@H]2OC(CO)[C@@H](O)C(O)[C@H]2O)cc1Cc1ccc(CC[SH+]C(C)(C)C)cc1. The number of aryl methyl sites for hydroxylation is 2. The average molecular weight is 462 g/mol. The number of hydrogen-bond donors (Lipinski definition) is 4. The van der Waals surface area contributed by atoms with E-state index in [0.717, 1.165) is 35.3 Å². The lowest BCUT2D eigenvalue weighted by molar-refractivity contribution is -0.231. The van der Waals surface area contributed by atoms with Crippen LogP contribution in [0.4, 0.5) is 0 Å². The molecule has 2 unspecified atom stereocenters. The van der Waals surface area contributed by atoms with Crippen molar-refractivity contribution in [2.24, 2.45) is 0 Å². The summed E-state index contributed by atoms with van der Waals surface area (Å²) >= 11 is 1.46. The standard InChI is InChI=1S/C26H36O5S/c1-16-5-10-19(25-24(30)23(29)22(28)21(15-27)31-25)14-20(16)13-18-8-6-17(7-9-18)11-12-32-26(2,3)4/h5-10,14,21-25,27-30H,11-13,15H2,1-4H3/p+1/t21?,22-,23?,24-,25+/m1/s1. The Balaban J connectivity index is 1.71. The van der Waals surface area contributed by atoms with Gasteiger partial charge in [-0.2, -0.15) is 0 Å². The van der Waals surface area contributed by atoms with E-state index in [1.54, 1.807) is 0 Å². The van der Waals surface area contributed by atoms with Gasteiger partial charge in [0.15, 0.2) is 0 Å². The highest BCUT2D eigenvalue weighted by Crippen LogP contribution is 2.33. The lowest BCUT2D eigenvalue weighted by Crippen LogP contribution is -2.55. The summed E-state index contributed by atoms with van der Waals surface area (Å²) in [7, 11) is 0. The van der Waals surface area contributed by atoms with Crippen molar-refractivity contribution in [1.29, 1.82) is 0 Å². The van der Waals surface area contributed by atoms with Gasteiger partial charge in [-0.05, 0) is 73.7 Å². The zero-order valence-electron chi connectivity index (χ0n) is 19.4. The van der Waals surface area contributed by atoms with Crippen molar-refractivity contribution >= 4 is 11.8 Å². The van der Waals surface area contributed by atoms with E-state index in [9.17, 15) is 20.4 Å². The Morgan fingerprint density at radius 1 is 0.906 bits per heavy atom. The van der Waals surface area contributed by atoms with Gasteiger partial charge in [0, 0.05) is 6.42 Å². The second-order valence-corrected chi connectivity index (χ2v) is 11.8. The Hall–Kier alpha value is -1.41. The Bertz CT molecular complexity index is 875. The van der Waals surface area contributed by atoms with E-state index in [1.807, 2.05) is 25.1 Å². The molecule has 0 aromatic heterocycles. The summed E-state index contributed by atoms with van der Waals surface area (Å²) in [6.45, 7) is 8.41. The van der Waals surface area contributed by atoms with Gasteiger partial charge in [0.05, 0.1) is 6.61 Å². The monoisotopic (exact) mass is 461 g/mol. The molecule has 0 saturated carbocycles. The molecule has 2 aromatic rings. The first-order valence-electron chi connectivity index (χ1n) is 11.3. The van der Waals surface area contributed by atoms with Gasteiger partial charge >= 0.3 is 0 Å². The van der Waals surface area contributed by atoms with Crippen molar-refractivity contribution in [2.75, 3.05) is 12.4 Å². The van der Waals surface area contributed by atoms with Crippen molar-refractivity contribution < 1.29 is 25.2 Å². The molecule has 1 heterocycles. The fraction of sp³-hybridized carbons (Fsp3) is 0.538. The van der Waals surface area contributed by atoms with Crippen LogP contribution in [0.2, 0.25) is 0 Å². The minimum Gasteiger partial charge on any atom is -0.394 e. The molecule has 32 heavy (non-hydrogen) atoms. The molecular weight excluding hydrogens is 424 g/mol. The summed E-state index contributed by atoms with van der Waals surface area (Å²) in [5.74, 6) is 1.16. The fourth-order valence-corrected chi connectivity index (χ4v) is 5.04. The quantitative estimate of drug-likeness (QED) is 0.375. The van der Waals surface area contributed by atoms with E-state index < -0.39 is 37.1 Å². The molecule has 0 bridgehead atoms. The molecule has 4 N–H and O–H groups in total. The van der Waals surface area contributed by atoms with Crippen LogP contribution in [-0.2, 0) is 29.3 Å². The van der Waals surface area contributed by atoms with Crippen LogP contribution in [0, 0.1) is 6.92 Å². The van der Waals surface area contributed by atoms with Gasteiger partial charge in [-0.25, -0.2) is 0 Å². The van der Waals surface area contributed by atoms with Gasteiger partial charge < -0.3 is 25.2 Å². The molecule has 1 aliphatic heterocycles. The molecule has 1 aliphatic rings. The molecule has 176 valence electrons. The van der Waals surface area contributed by atoms with Crippen LogP contribution < -0.4 is 0 Å². The first kappa shape index (κ1) is 25.2. The third-order valence-electron chi connectivity index (χ3n) is 6.00. The highest BCUT2D eigenvalue weighted by Gasteiger charge is 2.43. The minimum absolute atomic E-state index is 0.337. The van der Waals surface area contributed by atoms with Crippen LogP contribution in [-0.4, -0.2) is 61.9 Å². The lowest BCUT2D eigenvalue weighted by atomic mass is 9.89. The predicted molar refractivity (Wildman–Crippen MR) is 130 cm³/mol. The van der Waals surface area contributed by atoms with Crippen molar-refractivity contribution in [3.8, 4) is 0 Å². The second-order valence-electron chi connectivity index (χ2n) is 9.73. The molecular formula is C26H37O5S+. The lowest BCUT2D eigenvalue weighted by Gasteiger charge is -2.40. The second kappa shape index (κ2) is 10.7. The third-order valence-corrected chi connectivity index (χ3v) is 7.39. The van der Waals surface area contributed by atoms with Gasteiger partial charge in [-0.3, -0.25) is 0 Å². The summed E-state index contributed by atoms with van der Waals surface area (Å²) in [5.41, 5.74) is 5.51. The van der Waals surface area contributed by atoms with Crippen LogP contribution in [0.1, 0.15) is 54.7 Å². The summed E-state index contributed by atoms with van der Waals surface area (Å²) < 4.78 is 6.06. The van der Waals surface area contributed by atoms with Gasteiger partial charge in [0.1, 0.15) is 41.0 Å². The maximum atomic E-state index is 10.5. The van der Waals surface area contributed by atoms with E-state index in [4.69, 9.17) is 4.74 Å².